The summed E-state index contributed by atoms with van der Waals surface area (Å²) >= 11 is 0. The first-order valence-electron chi connectivity index (χ1n) is 6.61. The van der Waals surface area contributed by atoms with E-state index in [1.165, 1.54) is 12.8 Å². The Kier molecular flexibility index (Phi) is 4.02. The van der Waals surface area contributed by atoms with Crippen molar-refractivity contribution in [3.05, 3.63) is 29.8 Å². The molecule has 2 N–H and O–H groups in total. The molecule has 0 spiro atoms. The number of nitrogens with two attached hydrogens (primary N) is 1. The largest absolute Gasteiger partial charge is 0.491 e. The van der Waals surface area contributed by atoms with Gasteiger partial charge < -0.3 is 10.5 Å². The Bertz CT molecular complexity index is 407. The van der Waals surface area contributed by atoms with Gasteiger partial charge in [0.1, 0.15) is 5.75 Å². The van der Waals surface area contributed by atoms with Crippen LogP contribution in [0, 0.1) is 5.92 Å². The van der Waals surface area contributed by atoms with Crippen molar-refractivity contribution in [1.29, 1.82) is 0 Å². The highest BCUT2D eigenvalue weighted by atomic mass is 16.5. The molecule has 1 aliphatic carbocycles. The molecule has 1 saturated carbocycles. The second kappa shape index (κ2) is 5.53. The third-order valence-electron chi connectivity index (χ3n) is 3.20. The van der Waals surface area contributed by atoms with E-state index in [4.69, 9.17) is 10.5 Å². The summed E-state index contributed by atoms with van der Waals surface area (Å²) in [5, 5.41) is 0. The van der Waals surface area contributed by atoms with Gasteiger partial charge in [-0.1, -0.05) is 0 Å². The van der Waals surface area contributed by atoms with Crippen molar-refractivity contribution in [2.24, 2.45) is 11.7 Å². The average molecular weight is 247 g/mol. The van der Waals surface area contributed by atoms with Crippen molar-refractivity contribution in [1.82, 2.24) is 0 Å². The number of Topliss-reactive ketones (excluding diaryl/α,β-unsaturated/α-hetero) is 1. The van der Waals surface area contributed by atoms with Gasteiger partial charge in [-0.15, -0.1) is 0 Å². The van der Waals surface area contributed by atoms with E-state index in [9.17, 15) is 4.79 Å². The van der Waals surface area contributed by atoms with Gasteiger partial charge in [0, 0.05) is 18.0 Å². The molecule has 0 bridgehead atoms. The molecule has 1 unspecified atom stereocenters. The molecular formula is C15H21NO2. The molecule has 18 heavy (non-hydrogen) atoms. The van der Waals surface area contributed by atoms with E-state index in [0.717, 1.165) is 11.3 Å². The lowest BCUT2D eigenvalue weighted by Gasteiger charge is -2.11. The third-order valence-corrected chi connectivity index (χ3v) is 3.20. The number of carbonyl (C=O) groups is 1. The maximum Gasteiger partial charge on any atom is 0.164 e. The van der Waals surface area contributed by atoms with Crippen molar-refractivity contribution < 1.29 is 9.53 Å². The predicted octanol–water partition coefficient (Wildman–Crippen LogP) is 2.78. The first-order valence-corrected chi connectivity index (χ1v) is 6.61. The van der Waals surface area contributed by atoms with Crippen LogP contribution < -0.4 is 10.5 Å². The van der Waals surface area contributed by atoms with Crippen LogP contribution in [-0.4, -0.2) is 17.9 Å². The normalized spacial score (nSPS) is 16.7. The van der Waals surface area contributed by atoms with Gasteiger partial charge in [0.15, 0.2) is 5.78 Å². The summed E-state index contributed by atoms with van der Waals surface area (Å²) in [6, 6.07) is 7.36. The molecule has 98 valence electrons. The summed E-state index contributed by atoms with van der Waals surface area (Å²) in [7, 11) is 0. The lowest BCUT2D eigenvalue weighted by molar-refractivity contribution is 0.0971. The fourth-order valence-corrected chi connectivity index (χ4v) is 2.01. The number of ketones is 1. The van der Waals surface area contributed by atoms with E-state index in [0.29, 0.717) is 12.3 Å². The minimum absolute atomic E-state index is 0.0316. The summed E-state index contributed by atoms with van der Waals surface area (Å²) in [5.74, 6) is 1.50. The summed E-state index contributed by atoms with van der Waals surface area (Å²) in [5.41, 5.74) is 6.69. The van der Waals surface area contributed by atoms with Crippen molar-refractivity contribution in [2.45, 2.75) is 45.3 Å². The molecule has 1 aromatic carbocycles. The number of carbonyl (C=O) groups excluding carboxylic acids is 1. The minimum Gasteiger partial charge on any atom is -0.491 e. The van der Waals surface area contributed by atoms with Gasteiger partial charge in [-0.05, 0) is 56.9 Å². The van der Waals surface area contributed by atoms with Crippen LogP contribution in [0.25, 0.3) is 0 Å². The van der Waals surface area contributed by atoms with Crippen molar-refractivity contribution >= 4 is 5.78 Å². The Morgan fingerprint density at radius 1 is 1.33 bits per heavy atom. The first kappa shape index (κ1) is 13.1. The number of ether oxygens (including phenoxy) is 1. The molecule has 0 radical (unpaired) electrons. The maximum absolute atomic E-state index is 12.0. The molecule has 3 nitrogen and oxygen atoms in total. The second-order valence-electron chi connectivity index (χ2n) is 5.32. The first-order chi connectivity index (χ1) is 8.56. The van der Waals surface area contributed by atoms with Gasteiger partial charge in [0.25, 0.3) is 0 Å². The van der Waals surface area contributed by atoms with Crippen LogP contribution >= 0.6 is 0 Å². The standard InChI is InChI=1S/C15H21NO2/c1-10(2)18-13-7-5-12(6-8-13)15(17)9-14(16)11-3-4-11/h5-8,10-11,14H,3-4,9,16H2,1-2H3. The van der Waals surface area contributed by atoms with E-state index in [1.54, 1.807) is 0 Å². The van der Waals surface area contributed by atoms with E-state index < -0.39 is 0 Å². The summed E-state index contributed by atoms with van der Waals surface area (Å²) in [4.78, 5) is 12.0. The third kappa shape index (κ3) is 3.57. The van der Waals surface area contributed by atoms with Gasteiger partial charge in [0.05, 0.1) is 6.10 Å². The summed E-state index contributed by atoms with van der Waals surface area (Å²) in [6.45, 7) is 3.96. The van der Waals surface area contributed by atoms with E-state index >= 15 is 0 Å². The van der Waals surface area contributed by atoms with E-state index in [2.05, 4.69) is 0 Å². The molecule has 0 heterocycles. The zero-order valence-electron chi connectivity index (χ0n) is 11.1. The Morgan fingerprint density at radius 3 is 2.44 bits per heavy atom. The quantitative estimate of drug-likeness (QED) is 0.786. The molecule has 0 amide bonds. The lowest BCUT2D eigenvalue weighted by atomic mass is 10.0. The highest BCUT2D eigenvalue weighted by Gasteiger charge is 2.29. The minimum atomic E-state index is 0.0316. The molecule has 1 fully saturated rings. The zero-order chi connectivity index (χ0) is 13.1. The van der Waals surface area contributed by atoms with Crippen LogP contribution in [0.15, 0.2) is 24.3 Å². The van der Waals surface area contributed by atoms with Crippen LogP contribution in [0.5, 0.6) is 5.75 Å². The lowest BCUT2D eigenvalue weighted by Crippen LogP contribution is -2.25. The molecule has 1 aromatic rings. The fraction of sp³-hybridized carbons (Fsp3) is 0.533. The topological polar surface area (TPSA) is 52.3 Å². The molecule has 3 heteroatoms. The van der Waals surface area contributed by atoms with Crippen molar-refractivity contribution in [3.63, 3.8) is 0 Å². The molecular weight excluding hydrogens is 226 g/mol. The number of hydrogen-bond acceptors (Lipinski definition) is 3. The Hall–Kier alpha value is -1.35. The van der Waals surface area contributed by atoms with Gasteiger partial charge >= 0.3 is 0 Å². The van der Waals surface area contributed by atoms with E-state index in [-0.39, 0.29) is 17.9 Å². The maximum atomic E-state index is 12.0. The van der Waals surface area contributed by atoms with Gasteiger partial charge in [-0.2, -0.15) is 0 Å². The highest BCUT2D eigenvalue weighted by Crippen LogP contribution is 2.33. The van der Waals surface area contributed by atoms with E-state index in [1.807, 2.05) is 38.1 Å². The van der Waals surface area contributed by atoms with Gasteiger partial charge in [-0.25, -0.2) is 0 Å². The average Bonchev–Trinajstić information content (AvgIpc) is 3.12. The molecule has 0 saturated heterocycles. The zero-order valence-corrected chi connectivity index (χ0v) is 11.1. The van der Waals surface area contributed by atoms with Gasteiger partial charge in [0.2, 0.25) is 0 Å². The number of rotatable bonds is 6. The summed E-state index contributed by atoms with van der Waals surface area (Å²) in [6.07, 6.45) is 2.95. The van der Waals surface area contributed by atoms with Crippen LogP contribution in [0.3, 0.4) is 0 Å². The Morgan fingerprint density at radius 2 is 1.94 bits per heavy atom. The Balaban J connectivity index is 1.93. The van der Waals surface area contributed by atoms with Crippen LogP contribution in [0.2, 0.25) is 0 Å². The van der Waals surface area contributed by atoms with Crippen molar-refractivity contribution in [2.75, 3.05) is 0 Å². The molecule has 0 aliphatic heterocycles. The molecule has 0 aromatic heterocycles. The summed E-state index contributed by atoms with van der Waals surface area (Å²) < 4.78 is 5.54. The highest BCUT2D eigenvalue weighted by molar-refractivity contribution is 5.96. The van der Waals surface area contributed by atoms with Crippen LogP contribution in [0.4, 0.5) is 0 Å². The van der Waals surface area contributed by atoms with Crippen LogP contribution in [-0.2, 0) is 0 Å². The molecule has 2 rings (SSSR count). The van der Waals surface area contributed by atoms with Crippen molar-refractivity contribution in [3.8, 4) is 5.75 Å². The van der Waals surface area contributed by atoms with Gasteiger partial charge in [-0.3, -0.25) is 4.79 Å². The SMILES string of the molecule is CC(C)Oc1ccc(C(=O)CC(N)C2CC2)cc1. The molecule has 1 aliphatic rings. The monoisotopic (exact) mass is 247 g/mol. The fourth-order valence-electron chi connectivity index (χ4n) is 2.01. The predicted molar refractivity (Wildman–Crippen MR) is 71.9 cm³/mol. The Labute approximate surface area is 108 Å². The number of benzene rings is 1. The second-order valence-corrected chi connectivity index (χ2v) is 5.32. The molecule has 1 atom stereocenters. The smallest absolute Gasteiger partial charge is 0.164 e. The number of hydrogen-bond donors (Lipinski definition) is 1. The van der Waals surface area contributed by atoms with Crippen LogP contribution in [0.1, 0.15) is 43.5 Å².